The number of hydrogen-bond donors (Lipinski definition) is 0. The van der Waals surface area contributed by atoms with E-state index in [0.29, 0.717) is 0 Å². The largest absolute Gasteiger partial charge is 0.374 e. The summed E-state index contributed by atoms with van der Waals surface area (Å²) < 4.78 is 0. The summed E-state index contributed by atoms with van der Waals surface area (Å²) >= 11 is 0. The van der Waals surface area contributed by atoms with Crippen LogP contribution in [-0.2, 0) is 0 Å². The van der Waals surface area contributed by atoms with Gasteiger partial charge < -0.3 is 4.90 Å². The molecule has 0 saturated carbocycles. The molecule has 0 aromatic heterocycles. The van der Waals surface area contributed by atoms with Crippen molar-refractivity contribution in [1.29, 1.82) is 0 Å². The molecule has 0 aliphatic carbocycles. The molecule has 1 heteroatoms. The Bertz CT molecular complexity index is 211. The minimum atomic E-state index is 1.13. The predicted molar refractivity (Wildman–Crippen MR) is 60.6 cm³/mol. The Kier molecular flexibility index (Phi) is 6.03. The lowest BCUT2D eigenvalue weighted by Gasteiger charge is -2.11. The van der Waals surface area contributed by atoms with Crippen molar-refractivity contribution < 1.29 is 0 Å². The average molecular weight is 179 g/mol. The summed E-state index contributed by atoms with van der Waals surface area (Å²) in [6.45, 7) is 11.0. The Morgan fingerprint density at radius 3 is 2.46 bits per heavy atom. The standard InChI is InChI=1S/C10H15N.C2H6/c1-4-6-9-7-8-11(3)10(9)5-2;1-2/h4-6H,2,7-8H2,1,3H3;1-2H3/b6-4-;. The smallest absolute Gasteiger partial charge is 0.0390 e. The Balaban J connectivity index is 0.000000671. The zero-order valence-electron chi connectivity index (χ0n) is 9.30. The molecule has 1 nitrogen and oxygen atoms in total. The second-order valence-electron chi connectivity index (χ2n) is 2.79. The Morgan fingerprint density at radius 1 is 1.38 bits per heavy atom. The molecule has 1 heterocycles. The maximum absolute atomic E-state index is 3.79. The summed E-state index contributed by atoms with van der Waals surface area (Å²) in [6, 6.07) is 0. The van der Waals surface area contributed by atoms with Gasteiger partial charge >= 0.3 is 0 Å². The highest BCUT2D eigenvalue weighted by atomic mass is 15.1. The van der Waals surface area contributed by atoms with Crippen LogP contribution < -0.4 is 0 Å². The first-order valence-electron chi connectivity index (χ1n) is 4.99. The average Bonchev–Trinajstić information content (AvgIpc) is 2.51. The van der Waals surface area contributed by atoms with Crippen LogP contribution in [0.2, 0.25) is 0 Å². The highest BCUT2D eigenvalue weighted by Crippen LogP contribution is 2.22. The van der Waals surface area contributed by atoms with Crippen LogP contribution in [0.4, 0.5) is 0 Å². The summed E-state index contributed by atoms with van der Waals surface area (Å²) in [4.78, 5) is 2.24. The quantitative estimate of drug-likeness (QED) is 0.628. The molecule has 0 radical (unpaired) electrons. The van der Waals surface area contributed by atoms with Crippen LogP contribution in [0.1, 0.15) is 27.2 Å². The number of likely N-dealkylation sites (N-methyl/N-ethyl adjacent to an activating group) is 1. The van der Waals surface area contributed by atoms with E-state index in [1.165, 1.54) is 11.3 Å². The Morgan fingerprint density at radius 2 is 2.00 bits per heavy atom. The third-order valence-electron chi connectivity index (χ3n) is 2.02. The van der Waals surface area contributed by atoms with Crippen molar-refractivity contribution in [2.45, 2.75) is 27.2 Å². The second-order valence-corrected chi connectivity index (χ2v) is 2.79. The fourth-order valence-electron chi connectivity index (χ4n) is 1.44. The van der Waals surface area contributed by atoms with Crippen molar-refractivity contribution in [2.75, 3.05) is 13.6 Å². The van der Waals surface area contributed by atoms with E-state index in [1.54, 1.807) is 0 Å². The molecule has 0 unspecified atom stereocenters. The first kappa shape index (κ1) is 12.0. The molecule has 0 amide bonds. The first-order valence-corrected chi connectivity index (χ1v) is 4.99. The summed E-state index contributed by atoms with van der Waals surface area (Å²) in [5.41, 5.74) is 2.69. The van der Waals surface area contributed by atoms with E-state index < -0.39 is 0 Å². The molecular formula is C12H21N. The van der Waals surface area contributed by atoms with Crippen LogP contribution in [0.25, 0.3) is 0 Å². The molecule has 1 rings (SSSR count). The monoisotopic (exact) mass is 179 g/mol. The molecule has 0 spiro atoms. The van der Waals surface area contributed by atoms with Crippen molar-refractivity contribution in [3.63, 3.8) is 0 Å². The highest BCUT2D eigenvalue weighted by molar-refractivity contribution is 5.34. The van der Waals surface area contributed by atoms with Gasteiger partial charge in [-0.15, -0.1) is 0 Å². The number of nitrogens with zero attached hydrogens (tertiary/aromatic N) is 1. The van der Waals surface area contributed by atoms with Crippen molar-refractivity contribution in [2.24, 2.45) is 0 Å². The van der Waals surface area contributed by atoms with Crippen LogP contribution in [0.15, 0.2) is 36.1 Å². The van der Waals surface area contributed by atoms with Gasteiger partial charge in [0.05, 0.1) is 0 Å². The molecule has 1 aliphatic rings. The Labute approximate surface area is 82.4 Å². The van der Waals surface area contributed by atoms with Gasteiger partial charge in [-0.05, 0) is 25.0 Å². The summed E-state index contributed by atoms with van der Waals surface area (Å²) in [6.07, 6.45) is 7.34. The molecule has 0 saturated heterocycles. The molecule has 0 atom stereocenters. The molecule has 0 fully saturated rings. The van der Waals surface area contributed by atoms with E-state index in [4.69, 9.17) is 0 Å². The van der Waals surface area contributed by atoms with Crippen LogP contribution in [0.3, 0.4) is 0 Å². The fourth-order valence-corrected chi connectivity index (χ4v) is 1.44. The van der Waals surface area contributed by atoms with E-state index in [1.807, 2.05) is 26.8 Å². The van der Waals surface area contributed by atoms with Gasteiger partial charge in [0.15, 0.2) is 0 Å². The summed E-state index contributed by atoms with van der Waals surface area (Å²) in [5, 5.41) is 0. The van der Waals surface area contributed by atoms with Crippen LogP contribution in [-0.4, -0.2) is 18.5 Å². The van der Waals surface area contributed by atoms with E-state index in [0.717, 1.165) is 13.0 Å². The fraction of sp³-hybridized carbons (Fsp3) is 0.500. The molecule has 1 aliphatic heterocycles. The van der Waals surface area contributed by atoms with Crippen molar-refractivity contribution in [3.8, 4) is 0 Å². The number of hydrogen-bond acceptors (Lipinski definition) is 1. The zero-order valence-corrected chi connectivity index (χ0v) is 9.30. The lowest BCUT2D eigenvalue weighted by Crippen LogP contribution is -2.10. The second kappa shape index (κ2) is 6.53. The topological polar surface area (TPSA) is 3.24 Å². The predicted octanol–water partition coefficient (Wildman–Crippen LogP) is 3.36. The molecule has 13 heavy (non-hydrogen) atoms. The van der Waals surface area contributed by atoms with E-state index >= 15 is 0 Å². The zero-order chi connectivity index (χ0) is 10.3. The maximum Gasteiger partial charge on any atom is 0.0390 e. The van der Waals surface area contributed by atoms with E-state index in [-0.39, 0.29) is 0 Å². The van der Waals surface area contributed by atoms with Gasteiger partial charge in [0.1, 0.15) is 0 Å². The van der Waals surface area contributed by atoms with E-state index in [2.05, 4.69) is 30.7 Å². The first-order chi connectivity index (χ1) is 6.29. The molecular weight excluding hydrogens is 158 g/mol. The van der Waals surface area contributed by atoms with Gasteiger partial charge in [-0.3, -0.25) is 0 Å². The Hall–Kier alpha value is -0.980. The summed E-state index contributed by atoms with van der Waals surface area (Å²) in [5.74, 6) is 0. The highest BCUT2D eigenvalue weighted by Gasteiger charge is 2.13. The van der Waals surface area contributed by atoms with Gasteiger partial charge in [-0.1, -0.05) is 32.6 Å². The minimum Gasteiger partial charge on any atom is -0.374 e. The number of rotatable bonds is 2. The molecule has 74 valence electrons. The van der Waals surface area contributed by atoms with Crippen LogP contribution in [0.5, 0.6) is 0 Å². The SMILES string of the molecule is C=CC1=C(/C=C\C)CCN1C.CC. The van der Waals surface area contributed by atoms with Crippen LogP contribution in [0, 0.1) is 0 Å². The lowest BCUT2D eigenvalue weighted by molar-refractivity contribution is 0.472. The maximum atomic E-state index is 3.79. The van der Waals surface area contributed by atoms with E-state index in [9.17, 15) is 0 Å². The normalized spacial score (nSPS) is 16.2. The third-order valence-corrected chi connectivity index (χ3v) is 2.02. The van der Waals surface area contributed by atoms with Crippen molar-refractivity contribution >= 4 is 0 Å². The van der Waals surface area contributed by atoms with Gasteiger partial charge in [0.2, 0.25) is 0 Å². The number of allylic oxidation sites excluding steroid dienone is 3. The minimum absolute atomic E-state index is 1.13. The third kappa shape index (κ3) is 3.10. The van der Waals surface area contributed by atoms with Crippen molar-refractivity contribution in [1.82, 2.24) is 4.90 Å². The lowest BCUT2D eigenvalue weighted by atomic mass is 10.2. The van der Waals surface area contributed by atoms with Gasteiger partial charge in [-0.25, -0.2) is 0 Å². The summed E-state index contributed by atoms with van der Waals surface area (Å²) in [7, 11) is 2.10. The molecule has 0 N–H and O–H groups in total. The van der Waals surface area contributed by atoms with Gasteiger partial charge in [-0.2, -0.15) is 0 Å². The molecule has 0 aromatic carbocycles. The van der Waals surface area contributed by atoms with Gasteiger partial charge in [0.25, 0.3) is 0 Å². The van der Waals surface area contributed by atoms with Crippen molar-refractivity contribution in [3.05, 3.63) is 36.1 Å². The van der Waals surface area contributed by atoms with Gasteiger partial charge in [0, 0.05) is 19.3 Å². The molecule has 0 aromatic rings. The van der Waals surface area contributed by atoms with Crippen LogP contribution >= 0.6 is 0 Å². The molecule has 0 bridgehead atoms.